The number of halogens is 1. The van der Waals surface area contributed by atoms with Crippen LogP contribution in [0.25, 0.3) is 10.9 Å². The van der Waals surface area contributed by atoms with Crippen LogP contribution in [0, 0.1) is 6.92 Å². The minimum absolute atomic E-state index is 0.547. The van der Waals surface area contributed by atoms with Gasteiger partial charge in [0.2, 0.25) is 0 Å². The smallest absolute Gasteiger partial charge is 0.0482 e. The quantitative estimate of drug-likeness (QED) is 0.602. The lowest BCUT2D eigenvalue weighted by Crippen LogP contribution is -1.80. The van der Waals surface area contributed by atoms with Crippen LogP contribution in [-0.4, -0.2) is 4.98 Å². The summed E-state index contributed by atoms with van der Waals surface area (Å²) < 4.78 is 0.547. The Kier molecular flexibility index (Phi) is 2.32. The van der Waals surface area contributed by atoms with E-state index in [2.05, 4.69) is 65.7 Å². The Morgan fingerprint density at radius 3 is 2.77 bits per heavy atom. The number of alkyl halides is 1. The molecule has 1 N–H and O–H groups in total. The van der Waals surface area contributed by atoms with E-state index < -0.39 is 0 Å². The average Bonchev–Trinajstić information content (AvgIpc) is 2.46. The summed E-state index contributed by atoms with van der Waals surface area (Å²) in [4.78, 5) is 3.43. The summed E-state index contributed by atoms with van der Waals surface area (Å²) in [5, 5.41) is 1.31. The van der Waals surface area contributed by atoms with E-state index in [-0.39, 0.29) is 0 Å². The molecule has 0 aliphatic heterocycles. The van der Waals surface area contributed by atoms with Crippen molar-refractivity contribution in [2.75, 3.05) is 0 Å². The number of H-pyrrole nitrogens is 1. The molecule has 68 valence electrons. The first-order chi connectivity index (χ1) is 6.16. The number of hydrogen-bond donors (Lipinski definition) is 1. The van der Waals surface area contributed by atoms with E-state index in [0.717, 1.165) is 0 Å². The summed E-state index contributed by atoms with van der Waals surface area (Å²) in [5.74, 6) is 0. The lowest BCUT2D eigenvalue weighted by atomic mass is 10.2. The van der Waals surface area contributed by atoms with Crippen molar-refractivity contribution in [3.8, 4) is 0 Å². The molecule has 0 saturated carbocycles. The van der Waals surface area contributed by atoms with Gasteiger partial charge in [-0.25, -0.2) is 0 Å². The second-order valence-corrected chi connectivity index (χ2v) is 5.30. The third kappa shape index (κ3) is 1.73. The normalized spacial score (nSPS) is 13.5. The van der Waals surface area contributed by atoms with Crippen molar-refractivity contribution >= 4 is 33.5 Å². The van der Waals surface area contributed by atoms with Gasteiger partial charge >= 0.3 is 0 Å². The molecule has 1 aromatic heterocycles. The molecule has 2 rings (SSSR count). The second kappa shape index (κ2) is 3.33. The molecule has 0 amide bonds. The zero-order valence-electron chi connectivity index (χ0n) is 7.76. The maximum absolute atomic E-state index is 3.43. The van der Waals surface area contributed by atoms with Crippen LogP contribution in [0.3, 0.4) is 0 Å². The summed E-state index contributed by atoms with van der Waals surface area (Å²) >= 11 is 2.42. The maximum Gasteiger partial charge on any atom is 0.0482 e. The number of aromatic amines is 1. The highest BCUT2D eigenvalue weighted by Crippen LogP contribution is 2.25. The summed E-state index contributed by atoms with van der Waals surface area (Å²) in [6, 6.07) is 8.74. The third-order valence-electron chi connectivity index (χ3n) is 2.23. The Morgan fingerprint density at radius 2 is 2.08 bits per heavy atom. The first kappa shape index (κ1) is 9.06. The van der Waals surface area contributed by atoms with Crippen LogP contribution in [0.1, 0.15) is 22.1 Å². The van der Waals surface area contributed by atoms with E-state index in [0.29, 0.717) is 3.92 Å². The number of hydrogen-bond acceptors (Lipinski definition) is 0. The van der Waals surface area contributed by atoms with Gasteiger partial charge in [0.25, 0.3) is 0 Å². The van der Waals surface area contributed by atoms with Gasteiger partial charge in [-0.1, -0.05) is 34.7 Å². The summed E-state index contributed by atoms with van der Waals surface area (Å²) in [6.45, 7) is 4.31. The topological polar surface area (TPSA) is 15.8 Å². The Hall–Kier alpha value is -0.510. The highest BCUT2D eigenvalue weighted by atomic mass is 127. The Balaban J connectivity index is 2.62. The lowest BCUT2D eigenvalue weighted by molar-refractivity contribution is 1.08. The number of nitrogens with one attached hydrogen (secondary N) is 1. The predicted octanol–water partition coefficient (Wildman–Crippen LogP) is 3.97. The van der Waals surface area contributed by atoms with Gasteiger partial charge in [-0.2, -0.15) is 0 Å². The van der Waals surface area contributed by atoms with Gasteiger partial charge in [0.05, 0.1) is 0 Å². The van der Waals surface area contributed by atoms with Gasteiger partial charge in [0, 0.05) is 15.1 Å². The largest absolute Gasteiger partial charge is 0.358 e. The van der Waals surface area contributed by atoms with Crippen molar-refractivity contribution in [1.29, 1.82) is 0 Å². The van der Waals surface area contributed by atoms with Gasteiger partial charge in [-0.15, -0.1) is 0 Å². The number of aryl methyl sites for hydroxylation is 1. The molecule has 1 atom stereocenters. The summed E-state index contributed by atoms with van der Waals surface area (Å²) in [6.07, 6.45) is 0. The fourth-order valence-electron chi connectivity index (χ4n) is 1.48. The maximum atomic E-state index is 3.43. The van der Waals surface area contributed by atoms with Crippen molar-refractivity contribution in [2.45, 2.75) is 17.8 Å². The van der Waals surface area contributed by atoms with Gasteiger partial charge in [-0.05, 0) is 36.9 Å². The number of fused-ring (bicyclic) bond motifs is 1. The molecule has 0 aliphatic rings. The number of aromatic nitrogens is 1. The Labute approximate surface area is 91.7 Å². The first-order valence-electron chi connectivity index (χ1n) is 4.40. The molecular formula is C11H12IN. The third-order valence-corrected chi connectivity index (χ3v) is 2.90. The Bertz CT molecular complexity index is 429. The van der Waals surface area contributed by atoms with Crippen molar-refractivity contribution in [3.05, 3.63) is 35.5 Å². The van der Waals surface area contributed by atoms with E-state index in [9.17, 15) is 0 Å². The standard InChI is InChI=1S/C11H12IN/c1-7-3-4-9-6-10(8(2)12)13-11(9)5-7/h3-6,8,13H,1-2H3. The molecule has 0 saturated heterocycles. The van der Waals surface area contributed by atoms with Crippen LogP contribution < -0.4 is 0 Å². The molecule has 1 aromatic carbocycles. The minimum Gasteiger partial charge on any atom is -0.358 e. The predicted molar refractivity (Wildman–Crippen MR) is 65.5 cm³/mol. The van der Waals surface area contributed by atoms with E-state index in [1.807, 2.05) is 0 Å². The summed E-state index contributed by atoms with van der Waals surface area (Å²) in [5.41, 5.74) is 3.86. The Morgan fingerprint density at radius 1 is 1.31 bits per heavy atom. The molecule has 0 spiro atoms. The van der Waals surface area contributed by atoms with Crippen LogP contribution in [0.4, 0.5) is 0 Å². The van der Waals surface area contributed by atoms with E-state index in [4.69, 9.17) is 0 Å². The molecule has 1 heterocycles. The van der Waals surface area contributed by atoms with E-state index >= 15 is 0 Å². The molecule has 0 aliphatic carbocycles. The molecule has 1 nitrogen and oxygen atoms in total. The first-order valence-corrected chi connectivity index (χ1v) is 5.65. The second-order valence-electron chi connectivity index (χ2n) is 3.43. The van der Waals surface area contributed by atoms with Crippen LogP contribution in [0.15, 0.2) is 24.3 Å². The van der Waals surface area contributed by atoms with Crippen molar-refractivity contribution in [1.82, 2.24) is 4.98 Å². The van der Waals surface area contributed by atoms with Crippen LogP contribution >= 0.6 is 22.6 Å². The fraction of sp³-hybridized carbons (Fsp3) is 0.273. The molecule has 2 aromatic rings. The van der Waals surface area contributed by atoms with E-state index in [1.165, 1.54) is 22.2 Å². The molecule has 0 bridgehead atoms. The van der Waals surface area contributed by atoms with Crippen LogP contribution in [0.5, 0.6) is 0 Å². The highest BCUT2D eigenvalue weighted by molar-refractivity contribution is 14.1. The molecular weight excluding hydrogens is 273 g/mol. The van der Waals surface area contributed by atoms with E-state index in [1.54, 1.807) is 0 Å². The molecule has 2 heteroatoms. The lowest BCUT2D eigenvalue weighted by Gasteiger charge is -1.96. The SMILES string of the molecule is Cc1ccc2cc(C(C)I)[nH]c2c1. The van der Waals surface area contributed by atoms with Gasteiger partial charge in [0.1, 0.15) is 0 Å². The van der Waals surface area contributed by atoms with Crippen molar-refractivity contribution in [3.63, 3.8) is 0 Å². The molecule has 13 heavy (non-hydrogen) atoms. The zero-order valence-corrected chi connectivity index (χ0v) is 9.92. The van der Waals surface area contributed by atoms with Crippen molar-refractivity contribution in [2.24, 2.45) is 0 Å². The van der Waals surface area contributed by atoms with Crippen LogP contribution in [0.2, 0.25) is 0 Å². The number of benzene rings is 1. The minimum atomic E-state index is 0.547. The molecule has 0 fully saturated rings. The molecule has 1 unspecified atom stereocenters. The van der Waals surface area contributed by atoms with Crippen LogP contribution in [-0.2, 0) is 0 Å². The number of rotatable bonds is 1. The molecule has 0 radical (unpaired) electrons. The zero-order chi connectivity index (χ0) is 9.42. The van der Waals surface area contributed by atoms with Crippen molar-refractivity contribution < 1.29 is 0 Å². The average molecular weight is 285 g/mol. The van der Waals surface area contributed by atoms with Gasteiger partial charge in [-0.3, -0.25) is 0 Å². The van der Waals surface area contributed by atoms with Gasteiger partial charge < -0.3 is 4.98 Å². The summed E-state index contributed by atoms with van der Waals surface area (Å²) in [7, 11) is 0. The monoisotopic (exact) mass is 285 g/mol. The fourth-order valence-corrected chi connectivity index (χ4v) is 1.81. The van der Waals surface area contributed by atoms with Gasteiger partial charge in [0.15, 0.2) is 0 Å². The highest BCUT2D eigenvalue weighted by Gasteiger charge is 2.04.